The first kappa shape index (κ1) is 19.6. The Kier molecular flexibility index (Phi) is 5.49. The van der Waals surface area contributed by atoms with Gasteiger partial charge in [-0.1, -0.05) is 42.5 Å². The number of carbonyl (C=O) groups is 3. The normalized spacial score (nSPS) is 17.0. The highest BCUT2D eigenvalue weighted by molar-refractivity contribution is 6.06. The third kappa shape index (κ3) is 4.76. The van der Waals surface area contributed by atoms with Gasteiger partial charge in [0.05, 0.1) is 12.5 Å². The highest BCUT2D eigenvalue weighted by atomic mass is 16.6. The first-order valence-corrected chi connectivity index (χ1v) is 9.21. The standard InChI is InChI=1S/C22H24N2O4/c1-22(2,3)28-21(27)23-17-11-9-16(10-12-17)18-13-19(25)24(20(18)26)14-15-7-5-4-6-8-15/h4-12,18H,13-14H2,1-3H3,(H,23,27)/t18-/m1/s1. The molecule has 0 saturated carbocycles. The number of hydrogen-bond donors (Lipinski definition) is 1. The maximum atomic E-state index is 12.8. The molecule has 1 atom stereocenters. The van der Waals surface area contributed by atoms with Gasteiger partial charge in [-0.05, 0) is 44.0 Å². The molecule has 3 amide bonds. The molecule has 1 aliphatic rings. The summed E-state index contributed by atoms with van der Waals surface area (Å²) in [6.07, 6.45) is -0.383. The molecule has 1 heterocycles. The minimum absolute atomic E-state index is 0.157. The van der Waals surface area contributed by atoms with Gasteiger partial charge in [-0.15, -0.1) is 0 Å². The topological polar surface area (TPSA) is 75.7 Å². The molecule has 2 aromatic carbocycles. The summed E-state index contributed by atoms with van der Waals surface area (Å²) in [7, 11) is 0. The fourth-order valence-electron chi connectivity index (χ4n) is 3.10. The molecule has 6 nitrogen and oxygen atoms in total. The van der Waals surface area contributed by atoms with E-state index in [4.69, 9.17) is 4.74 Å². The van der Waals surface area contributed by atoms with Crippen LogP contribution in [0.15, 0.2) is 54.6 Å². The number of amides is 3. The molecule has 0 aliphatic carbocycles. The average Bonchev–Trinajstić information content (AvgIpc) is 2.90. The van der Waals surface area contributed by atoms with E-state index in [0.29, 0.717) is 5.69 Å². The zero-order chi connectivity index (χ0) is 20.3. The molecule has 3 rings (SSSR count). The number of nitrogens with one attached hydrogen (secondary N) is 1. The van der Waals surface area contributed by atoms with Gasteiger partial charge in [0.1, 0.15) is 5.60 Å². The van der Waals surface area contributed by atoms with E-state index in [1.807, 2.05) is 30.3 Å². The Balaban J connectivity index is 1.66. The van der Waals surface area contributed by atoms with E-state index in [9.17, 15) is 14.4 Å². The van der Waals surface area contributed by atoms with Crippen LogP contribution >= 0.6 is 0 Å². The van der Waals surface area contributed by atoms with Gasteiger partial charge in [-0.3, -0.25) is 19.8 Å². The van der Waals surface area contributed by atoms with Crippen molar-refractivity contribution >= 4 is 23.6 Å². The Morgan fingerprint density at radius 3 is 2.32 bits per heavy atom. The minimum atomic E-state index is -0.580. The number of likely N-dealkylation sites (tertiary alicyclic amines) is 1. The lowest BCUT2D eigenvalue weighted by Gasteiger charge is -2.19. The SMILES string of the molecule is CC(C)(C)OC(=O)Nc1ccc([C@H]2CC(=O)N(Cc3ccccc3)C2=O)cc1. The van der Waals surface area contributed by atoms with Gasteiger partial charge < -0.3 is 4.74 Å². The Morgan fingerprint density at radius 1 is 1.07 bits per heavy atom. The van der Waals surface area contributed by atoms with Crippen molar-refractivity contribution in [2.24, 2.45) is 0 Å². The molecule has 1 fully saturated rings. The van der Waals surface area contributed by atoms with Crippen molar-refractivity contribution in [1.82, 2.24) is 4.90 Å². The van der Waals surface area contributed by atoms with Crippen molar-refractivity contribution in [3.8, 4) is 0 Å². The molecular weight excluding hydrogens is 356 g/mol. The summed E-state index contributed by atoms with van der Waals surface area (Å²) in [5, 5.41) is 2.65. The number of imide groups is 1. The van der Waals surface area contributed by atoms with Crippen LogP contribution in [0, 0.1) is 0 Å². The Bertz CT molecular complexity index is 870. The lowest BCUT2D eigenvalue weighted by atomic mass is 9.97. The van der Waals surface area contributed by atoms with Crippen LogP contribution in [-0.2, 0) is 20.9 Å². The third-order valence-corrected chi connectivity index (χ3v) is 4.39. The molecule has 6 heteroatoms. The van der Waals surface area contributed by atoms with Crippen LogP contribution < -0.4 is 5.32 Å². The molecule has 28 heavy (non-hydrogen) atoms. The van der Waals surface area contributed by atoms with Crippen molar-refractivity contribution in [1.29, 1.82) is 0 Å². The van der Waals surface area contributed by atoms with E-state index in [-0.39, 0.29) is 24.8 Å². The predicted octanol–water partition coefficient (Wildman–Crippen LogP) is 4.08. The summed E-state index contributed by atoms with van der Waals surface area (Å²) < 4.78 is 5.22. The molecule has 1 aliphatic heterocycles. The van der Waals surface area contributed by atoms with Crippen molar-refractivity contribution in [3.63, 3.8) is 0 Å². The van der Waals surface area contributed by atoms with Crippen molar-refractivity contribution in [2.45, 2.75) is 45.3 Å². The second kappa shape index (κ2) is 7.84. The van der Waals surface area contributed by atoms with E-state index < -0.39 is 17.6 Å². The van der Waals surface area contributed by atoms with E-state index in [2.05, 4.69) is 5.32 Å². The molecule has 146 valence electrons. The summed E-state index contributed by atoms with van der Waals surface area (Å²) >= 11 is 0. The van der Waals surface area contributed by atoms with Gasteiger partial charge in [0.25, 0.3) is 0 Å². The zero-order valence-electron chi connectivity index (χ0n) is 16.3. The summed E-state index contributed by atoms with van der Waals surface area (Å²) in [6.45, 7) is 5.66. The fourth-order valence-corrected chi connectivity index (χ4v) is 3.10. The van der Waals surface area contributed by atoms with Crippen LogP contribution in [0.25, 0.3) is 0 Å². The first-order valence-electron chi connectivity index (χ1n) is 9.21. The number of nitrogens with zero attached hydrogens (tertiary/aromatic N) is 1. The lowest BCUT2D eigenvalue weighted by Crippen LogP contribution is -2.29. The van der Waals surface area contributed by atoms with Crippen LogP contribution in [0.2, 0.25) is 0 Å². The molecule has 0 unspecified atom stereocenters. The van der Waals surface area contributed by atoms with Gasteiger partial charge in [-0.2, -0.15) is 0 Å². The number of benzene rings is 2. The highest BCUT2D eigenvalue weighted by Crippen LogP contribution is 2.31. The Labute approximate surface area is 164 Å². The first-order chi connectivity index (χ1) is 13.2. The van der Waals surface area contributed by atoms with E-state index >= 15 is 0 Å². The summed E-state index contributed by atoms with van der Waals surface area (Å²) in [6, 6.07) is 16.4. The van der Waals surface area contributed by atoms with Gasteiger partial charge in [0.15, 0.2) is 0 Å². The van der Waals surface area contributed by atoms with E-state index in [1.54, 1.807) is 45.0 Å². The molecule has 0 spiro atoms. The number of anilines is 1. The molecule has 2 aromatic rings. The van der Waals surface area contributed by atoms with Gasteiger partial charge >= 0.3 is 6.09 Å². The van der Waals surface area contributed by atoms with Gasteiger partial charge in [0.2, 0.25) is 11.8 Å². The molecular formula is C22H24N2O4. The number of hydrogen-bond acceptors (Lipinski definition) is 4. The molecule has 0 radical (unpaired) electrons. The highest BCUT2D eigenvalue weighted by Gasteiger charge is 2.39. The number of rotatable bonds is 4. The summed E-state index contributed by atoms with van der Waals surface area (Å²) in [5.41, 5.74) is 1.66. The maximum absolute atomic E-state index is 12.8. The molecule has 1 saturated heterocycles. The average molecular weight is 380 g/mol. The third-order valence-electron chi connectivity index (χ3n) is 4.39. The smallest absolute Gasteiger partial charge is 0.412 e. The molecule has 0 aromatic heterocycles. The molecule has 0 bridgehead atoms. The summed E-state index contributed by atoms with van der Waals surface area (Å²) in [4.78, 5) is 38.3. The Hall–Kier alpha value is -3.15. The Morgan fingerprint density at radius 2 is 1.71 bits per heavy atom. The monoisotopic (exact) mass is 380 g/mol. The van der Waals surface area contributed by atoms with Gasteiger partial charge in [0, 0.05) is 12.1 Å². The second-order valence-corrected chi connectivity index (χ2v) is 7.81. The fraction of sp³-hybridized carbons (Fsp3) is 0.318. The molecule has 1 N–H and O–H groups in total. The van der Waals surface area contributed by atoms with Gasteiger partial charge in [-0.25, -0.2) is 4.79 Å². The van der Waals surface area contributed by atoms with E-state index in [0.717, 1.165) is 11.1 Å². The van der Waals surface area contributed by atoms with Crippen LogP contribution in [-0.4, -0.2) is 28.4 Å². The second-order valence-electron chi connectivity index (χ2n) is 7.81. The largest absolute Gasteiger partial charge is 0.444 e. The summed E-state index contributed by atoms with van der Waals surface area (Å²) in [5.74, 6) is -0.858. The maximum Gasteiger partial charge on any atom is 0.412 e. The van der Waals surface area contributed by atoms with Crippen LogP contribution in [0.4, 0.5) is 10.5 Å². The van der Waals surface area contributed by atoms with Crippen molar-refractivity contribution in [2.75, 3.05) is 5.32 Å². The van der Waals surface area contributed by atoms with Crippen molar-refractivity contribution < 1.29 is 19.1 Å². The van der Waals surface area contributed by atoms with Crippen LogP contribution in [0.1, 0.15) is 44.2 Å². The van der Waals surface area contributed by atoms with Crippen molar-refractivity contribution in [3.05, 3.63) is 65.7 Å². The lowest BCUT2D eigenvalue weighted by molar-refractivity contribution is -0.139. The zero-order valence-corrected chi connectivity index (χ0v) is 16.3. The predicted molar refractivity (Wildman–Crippen MR) is 106 cm³/mol. The van der Waals surface area contributed by atoms with E-state index in [1.165, 1.54) is 4.90 Å². The van der Waals surface area contributed by atoms with Crippen LogP contribution in [0.5, 0.6) is 0 Å². The minimum Gasteiger partial charge on any atom is -0.444 e. The quantitative estimate of drug-likeness (QED) is 0.811. The number of carbonyl (C=O) groups excluding carboxylic acids is 3. The number of ether oxygens (including phenoxy) is 1. The van der Waals surface area contributed by atoms with Crippen LogP contribution in [0.3, 0.4) is 0 Å².